The van der Waals surface area contributed by atoms with Gasteiger partial charge in [0, 0.05) is 31.0 Å². The summed E-state index contributed by atoms with van der Waals surface area (Å²) in [6.07, 6.45) is 0.951. The van der Waals surface area contributed by atoms with Crippen LogP contribution in [0.15, 0.2) is 91.0 Å². The van der Waals surface area contributed by atoms with E-state index in [1.54, 1.807) is 4.90 Å². The Morgan fingerprint density at radius 1 is 0.800 bits per heavy atom. The Morgan fingerprint density at radius 2 is 1.34 bits per heavy atom. The number of alkyl carbamates (subject to hydrolysis) is 1. The molecule has 1 fully saturated rings. The van der Waals surface area contributed by atoms with E-state index in [-0.39, 0.29) is 24.2 Å². The third kappa shape index (κ3) is 6.79. The molecular weight excluding hydrogens is 440 g/mol. The lowest BCUT2D eigenvalue weighted by Gasteiger charge is -2.34. The van der Waals surface area contributed by atoms with E-state index in [1.807, 2.05) is 91.0 Å². The molecule has 1 aliphatic rings. The van der Waals surface area contributed by atoms with Crippen molar-refractivity contribution in [1.29, 1.82) is 0 Å². The number of carbonyl (C=O) groups excluding carboxylic acids is 3. The van der Waals surface area contributed by atoms with Crippen molar-refractivity contribution >= 4 is 17.8 Å². The zero-order chi connectivity index (χ0) is 24.5. The summed E-state index contributed by atoms with van der Waals surface area (Å²) >= 11 is 0. The maximum Gasteiger partial charge on any atom is 0.408 e. The molecule has 6 heteroatoms. The second-order valence-electron chi connectivity index (χ2n) is 8.78. The van der Waals surface area contributed by atoms with Gasteiger partial charge in [-0.05, 0) is 24.0 Å². The highest BCUT2D eigenvalue weighted by atomic mass is 16.5. The first-order valence-electron chi connectivity index (χ1n) is 12.0. The maximum atomic E-state index is 13.4. The normalized spacial score (nSPS) is 14.7. The van der Waals surface area contributed by atoms with E-state index in [9.17, 15) is 14.4 Å². The molecule has 0 spiro atoms. The molecule has 3 aromatic carbocycles. The first-order valence-corrected chi connectivity index (χ1v) is 12.0. The van der Waals surface area contributed by atoms with Crippen LogP contribution in [0.4, 0.5) is 4.79 Å². The van der Waals surface area contributed by atoms with E-state index < -0.39 is 12.1 Å². The van der Waals surface area contributed by atoms with Gasteiger partial charge in [0.05, 0.1) is 0 Å². The molecule has 0 aliphatic carbocycles. The Balaban J connectivity index is 1.37. The highest BCUT2D eigenvalue weighted by Gasteiger charge is 2.32. The standard InChI is InChI=1S/C29H30N2O4/c32-27(24-14-8-3-9-15-24)25-16-18-31(19-17-25)28(33)26(20-22-10-4-1-5-11-22)30-29(34)35-21-23-12-6-2-7-13-23/h1-15,25-26H,16-21H2,(H,30,34). The minimum atomic E-state index is -0.748. The Bertz CT molecular complexity index is 1110. The van der Waals surface area contributed by atoms with E-state index in [4.69, 9.17) is 4.74 Å². The van der Waals surface area contributed by atoms with E-state index in [1.165, 1.54) is 0 Å². The van der Waals surface area contributed by atoms with Crippen molar-refractivity contribution in [3.63, 3.8) is 0 Å². The molecular formula is C29H30N2O4. The number of Topliss-reactive ketones (excluding diaryl/α,β-unsaturated/α-hetero) is 1. The molecule has 1 aliphatic heterocycles. The van der Waals surface area contributed by atoms with Crippen molar-refractivity contribution in [2.75, 3.05) is 13.1 Å². The van der Waals surface area contributed by atoms with Crippen LogP contribution in [0, 0.1) is 5.92 Å². The number of nitrogens with zero attached hydrogens (tertiary/aromatic N) is 1. The third-order valence-electron chi connectivity index (χ3n) is 6.32. The smallest absolute Gasteiger partial charge is 0.408 e. The molecule has 35 heavy (non-hydrogen) atoms. The fourth-order valence-corrected chi connectivity index (χ4v) is 4.38. The molecule has 1 unspecified atom stereocenters. The Morgan fingerprint density at radius 3 is 1.94 bits per heavy atom. The van der Waals surface area contributed by atoms with Gasteiger partial charge >= 0.3 is 6.09 Å². The van der Waals surface area contributed by atoms with E-state index in [0.29, 0.717) is 37.9 Å². The molecule has 3 aromatic rings. The van der Waals surface area contributed by atoms with Gasteiger partial charge in [0.25, 0.3) is 0 Å². The van der Waals surface area contributed by atoms with Crippen molar-refractivity contribution in [3.05, 3.63) is 108 Å². The van der Waals surface area contributed by atoms with Gasteiger partial charge in [-0.1, -0.05) is 91.0 Å². The number of carbonyl (C=O) groups is 3. The number of piperidine rings is 1. The fraction of sp³-hybridized carbons (Fsp3) is 0.276. The predicted octanol–water partition coefficient (Wildman–Crippen LogP) is 4.65. The summed E-state index contributed by atoms with van der Waals surface area (Å²) in [7, 11) is 0. The molecule has 4 rings (SSSR count). The number of nitrogens with one attached hydrogen (secondary N) is 1. The second-order valence-corrected chi connectivity index (χ2v) is 8.78. The highest BCUT2D eigenvalue weighted by Crippen LogP contribution is 2.23. The maximum absolute atomic E-state index is 13.4. The average Bonchev–Trinajstić information content (AvgIpc) is 2.92. The Labute approximate surface area is 205 Å². The lowest BCUT2D eigenvalue weighted by molar-refractivity contribution is -0.134. The lowest BCUT2D eigenvalue weighted by atomic mass is 9.88. The van der Waals surface area contributed by atoms with Gasteiger partial charge < -0.3 is 15.0 Å². The molecule has 180 valence electrons. The zero-order valence-corrected chi connectivity index (χ0v) is 19.6. The van der Waals surface area contributed by atoms with Crippen LogP contribution in [0.5, 0.6) is 0 Å². The number of hydrogen-bond acceptors (Lipinski definition) is 4. The predicted molar refractivity (Wildman–Crippen MR) is 134 cm³/mol. The number of likely N-dealkylation sites (tertiary alicyclic amines) is 1. The fourth-order valence-electron chi connectivity index (χ4n) is 4.38. The average molecular weight is 471 g/mol. The van der Waals surface area contributed by atoms with Crippen LogP contribution < -0.4 is 5.32 Å². The Hall–Kier alpha value is -3.93. The SMILES string of the molecule is O=C(NC(Cc1ccccc1)C(=O)N1CCC(C(=O)c2ccccc2)CC1)OCc1ccccc1. The molecule has 1 saturated heterocycles. The highest BCUT2D eigenvalue weighted by molar-refractivity contribution is 5.98. The van der Waals surface area contributed by atoms with Crippen molar-refractivity contribution in [3.8, 4) is 0 Å². The summed E-state index contributed by atoms with van der Waals surface area (Å²) in [6, 6.07) is 27.5. The molecule has 0 radical (unpaired) electrons. The molecule has 6 nitrogen and oxygen atoms in total. The summed E-state index contributed by atoms with van der Waals surface area (Å²) < 4.78 is 5.37. The minimum Gasteiger partial charge on any atom is -0.445 e. The summed E-state index contributed by atoms with van der Waals surface area (Å²) in [5.41, 5.74) is 2.53. The molecule has 2 amide bonds. The molecule has 1 N–H and O–H groups in total. The first-order chi connectivity index (χ1) is 17.1. The van der Waals surface area contributed by atoms with E-state index in [2.05, 4.69) is 5.32 Å². The van der Waals surface area contributed by atoms with Crippen LogP contribution in [0.1, 0.15) is 34.3 Å². The van der Waals surface area contributed by atoms with Crippen LogP contribution >= 0.6 is 0 Å². The van der Waals surface area contributed by atoms with Crippen LogP contribution in [0.25, 0.3) is 0 Å². The number of benzene rings is 3. The molecule has 0 saturated carbocycles. The summed E-state index contributed by atoms with van der Waals surface area (Å²) in [4.78, 5) is 40.5. The third-order valence-corrected chi connectivity index (χ3v) is 6.32. The van der Waals surface area contributed by atoms with Gasteiger partial charge in [-0.3, -0.25) is 9.59 Å². The quantitative estimate of drug-likeness (QED) is 0.487. The van der Waals surface area contributed by atoms with Gasteiger partial charge in [-0.25, -0.2) is 4.79 Å². The summed E-state index contributed by atoms with van der Waals surface area (Å²) in [5, 5.41) is 2.77. The molecule has 0 bridgehead atoms. The van der Waals surface area contributed by atoms with Crippen molar-refractivity contribution in [2.24, 2.45) is 5.92 Å². The van der Waals surface area contributed by atoms with Crippen LogP contribution in [-0.2, 0) is 22.6 Å². The largest absolute Gasteiger partial charge is 0.445 e. The van der Waals surface area contributed by atoms with Gasteiger partial charge in [0.15, 0.2) is 5.78 Å². The molecule has 1 heterocycles. The van der Waals surface area contributed by atoms with E-state index >= 15 is 0 Å². The number of ketones is 1. The summed E-state index contributed by atoms with van der Waals surface area (Å²) in [6.45, 7) is 1.09. The van der Waals surface area contributed by atoms with Crippen molar-refractivity contribution in [2.45, 2.75) is 31.9 Å². The number of rotatable bonds is 8. The van der Waals surface area contributed by atoms with Gasteiger partial charge in [0.1, 0.15) is 12.6 Å². The molecule has 1 atom stereocenters. The van der Waals surface area contributed by atoms with Crippen molar-refractivity contribution in [1.82, 2.24) is 10.2 Å². The van der Waals surface area contributed by atoms with Crippen LogP contribution in [-0.4, -0.2) is 41.8 Å². The minimum absolute atomic E-state index is 0.0992. The van der Waals surface area contributed by atoms with Crippen LogP contribution in [0.2, 0.25) is 0 Å². The molecule has 0 aromatic heterocycles. The number of hydrogen-bond donors (Lipinski definition) is 1. The van der Waals surface area contributed by atoms with Gasteiger partial charge in [0.2, 0.25) is 5.91 Å². The Kier molecular flexibility index (Phi) is 8.28. The lowest BCUT2D eigenvalue weighted by Crippen LogP contribution is -2.52. The monoisotopic (exact) mass is 470 g/mol. The first kappa shape index (κ1) is 24.2. The topological polar surface area (TPSA) is 75.7 Å². The summed E-state index contributed by atoms with van der Waals surface area (Å²) in [5.74, 6) is -0.130. The number of amides is 2. The van der Waals surface area contributed by atoms with Crippen LogP contribution in [0.3, 0.4) is 0 Å². The zero-order valence-electron chi connectivity index (χ0n) is 19.6. The van der Waals surface area contributed by atoms with Crippen molar-refractivity contribution < 1.29 is 19.1 Å². The second kappa shape index (κ2) is 12.0. The van der Waals surface area contributed by atoms with Gasteiger partial charge in [-0.15, -0.1) is 0 Å². The number of ether oxygens (including phenoxy) is 1. The van der Waals surface area contributed by atoms with E-state index in [0.717, 1.165) is 11.1 Å². The van der Waals surface area contributed by atoms with Gasteiger partial charge in [-0.2, -0.15) is 0 Å².